The molecule has 0 aromatic heterocycles. The predicted octanol–water partition coefficient (Wildman–Crippen LogP) is 5.69. The monoisotopic (exact) mass is 514 g/mol. The van der Waals surface area contributed by atoms with Crippen molar-refractivity contribution in [1.82, 2.24) is 4.31 Å². The van der Waals surface area contributed by atoms with E-state index in [1.54, 1.807) is 36.4 Å². The highest BCUT2D eigenvalue weighted by Gasteiger charge is 2.51. The molecule has 0 saturated heterocycles. The molecule has 1 fully saturated rings. The van der Waals surface area contributed by atoms with E-state index < -0.39 is 28.1 Å². The van der Waals surface area contributed by atoms with Crippen molar-refractivity contribution in [3.63, 3.8) is 0 Å². The van der Waals surface area contributed by atoms with E-state index in [2.05, 4.69) is 0 Å². The minimum absolute atomic E-state index is 0.0435. The SMILES string of the molecule is N#Cc1ccccc1S(=O)(=O)N(CC(=O)O)C1(c2cc(Cl)cc(-c3cccc(Cl)c3)c2)CCC1. The van der Waals surface area contributed by atoms with Crippen molar-refractivity contribution in [2.75, 3.05) is 6.54 Å². The van der Waals surface area contributed by atoms with Gasteiger partial charge in [-0.2, -0.15) is 9.57 Å². The van der Waals surface area contributed by atoms with Crippen molar-refractivity contribution < 1.29 is 18.3 Å². The largest absolute Gasteiger partial charge is 0.480 e. The number of nitrogens with zero attached hydrogens (tertiary/aromatic N) is 2. The molecule has 1 N–H and O–H groups in total. The van der Waals surface area contributed by atoms with Gasteiger partial charge in [0.25, 0.3) is 0 Å². The summed E-state index contributed by atoms with van der Waals surface area (Å²) in [7, 11) is -4.34. The Morgan fingerprint density at radius 3 is 2.32 bits per heavy atom. The minimum Gasteiger partial charge on any atom is -0.480 e. The molecule has 0 atom stereocenters. The van der Waals surface area contributed by atoms with Gasteiger partial charge in [-0.1, -0.05) is 47.5 Å². The molecule has 0 aliphatic heterocycles. The first kappa shape index (κ1) is 24.2. The summed E-state index contributed by atoms with van der Waals surface area (Å²) in [5, 5.41) is 20.1. The first-order chi connectivity index (χ1) is 16.2. The van der Waals surface area contributed by atoms with Gasteiger partial charge in [-0.25, -0.2) is 8.42 Å². The summed E-state index contributed by atoms with van der Waals surface area (Å²) in [5.74, 6) is -1.29. The first-order valence-corrected chi connectivity index (χ1v) is 12.7. The Labute approximate surface area is 208 Å². The molecule has 0 heterocycles. The van der Waals surface area contributed by atoms with Crippen LogP contribution in [0.15, 0.2) is 71.6 Å². The summed E-state index contributed by atoms with van der Waals surface area (Å²) in [6, 6.07) is 20.1. The fourth-order valence-electron chi connectivity index (χ4n) is 4.38. The van der Waals surface area contributed by atoms with E-state index in [0.717, 1.165) is 15.4 Å². The van der Waals surface area contributed by atoms with Gasteiger partial charge in [0.2, 0.25) is 10.0 Å². The van der Waals surface area contributed by atoms with Crippen molar-refractivity contribution in [2.45, 2.75) is 29.7 Å². The van der Waals surface area contributed by atoms with E-state index in [-0.39, 0.29) is 10.5 Å². The molecule has 3 aromatic carbocycles. The quantitative estimate of drug-likeness (QED) is 0.436. The summed E-state index contributed by atoms with van der Waals surface area (Å²) in [6.07, 6.45) is 1.55. The van der Waals surface area contributed by atoms with Crippen LogP contribution < -0.4 is 0 Å². The van der Waals surface area contributed by atoms with Crippen LogP contribution in [0.5, 0.6) is 0 Å². The number of hydrogen-bond donors (Lipinski definition) is 1. The van der Waals surface area contributed by atoms with Gasteiger partial charge in [-0.05, 0) is 78.4 Å². The second-order valence-electron chi connectivity index (χ2n) is 8.14. The number of benzene rings is 3. The van der Waals surface area contributed by atoms with Gasteiger partial charge in [0.15, 0.2) is 0 Å². The first-order valence-electron chi connectivity index (χ1n) is 10.5. The van der Waals surface area contributed by atoms with E-state index in [1.165, 1.54) is 18.2 Å². The van der Waals surface area contributed by atoms with Gasteiger partial charge in [-0.3, -0.25) is 4.79 Å². The number of carbonyl (C=O) groups is 1. The summed E-state index contributed by atoms with van der Waals surface area (Å²) in [5.41, 5.74) is 0.978. The average molecular weight is 515 g/mol. The van der Waals surface area contributed by atoms with Gasteiger partial charge in [0.1, 0.15) is 12.6 Å². The smallest absolute Gasteiger partial charge is 0.318 e. The van der Waals surface area contributed by atoms with Gasteiger partial charge in [-0.15, -0.1) is 0 Å². The Hall–Kier alpha value is -2.89. The third-order valence-electron chi connectivity index (χ3n) is 6.11. The summed E-state index contributed by atoms with van der Waals surface area (Å²) in [6.45, 7) is -0.749. The molecule has 1 saturated carbocycles. The van der Waals surface area contributed by atoms with Gasteiger partial charge in [0, 0.05) is 10.0 Å². The van der Waals surface area contributed by atoms with Crippen molar-refractivity contribution >= 4 is 39.2 Å². The topological polar surface area (TPSA) is 98.5 Å². The fraction of sp³-hybridized carbons (Fsp3) is 0.200. The van der Waals surface area contributed by atoms with E-state index in [0.29, 0.717) is 34.9 Å². The maximum atomic E-state index is 13.8. The van der Waals surface area contributed by atoms with E-state index >= 15 is 0 Å². The Bertz CT molecular complexity index is 1410. The molecule has 1 aliphatic carbocycles. The lowest BCUT2D eigenvalue weighted by atomic mass is 9.71. The molecule has 34 heavy (non-hydrogen) atoms. The number of carboxylic acids is 1. The molecule has 3 aromatic rings. The second-order valence-corrected chi connectivity index (χ2v) is 10.8. The Morgan fingerprint density at radius 2 is 1.71 bits per heavy atom. The molecule has 6 nitrogen and oxygen atoms in total. The lowest BCUT2D eigenvalue weighted by Gasteiger charge is -2.49. The predicted molar refractivity (Wildman–Crippen MR) is 130 cm³/mol. The average Bonchev–Trinajstić information content (AvgIpc) is 2.77. The zero-order chi connectivity index (χ0) is 24.5. The number of rotatable bonds is 7. The van der Waals surface area contributed by atoms with Gasteiger partial charge < -0.3 is 5.11 Å². The summed E-state index contributed by atoms with van der Waals surface area (Å²) in [4.78, 5) is 11.6. The highest BCUT2D eigenvalue weighted by molar-refractivity contribution is 7.89. The van der Waals surface area contributed by atoms with Crippen LogP contribution in [0, 0.1) is 11.3 Å². The van der Waals surface area contributed by atoms with Gasteiger partial charge >= 0.3 is 5.97 Å². The van der Waals surface area contributed by atoms with Crippen LogP contribution >= 0.6 is 23.2 Å². The molecule has 4 rings (SSSR count). The number of carboxylic acid groups (broad SMARTS) is 1. The molecule has 0 unspecified atom stereocenters. The van der Waals surface area contributed by atoms with Crippen molar-refractivity contribution in [1.29, 1.82) is 5.26 Å². The maximum Gasteiger partial charge on any atom is 0.318 e. The van der Waals surface area contributed by atoms with Crippen LogP contribution in [0.3, 0.4) is 0 Å². The zero-order valence-corrected chi connectivity index (χ0v) is 20.2. The number of aliphatic carboxylic acids is 1. The van der Waals surface area contributed by atoms with Crippen LogP contribution in [-0.4, -0.2) is 30.3 Å². The summed E-state index contributed by atoms with van der Waals surface area (Å²) < 4.78 is 28.6. The zero-order valence-electron chi connectivity index (χ0n) is 17.9. The van der Waals surface area contributed by atoms with Crippen molar-refractivity contribution in [2.24, 2.45) is 0 Å². The Morgan fingerprint density at radius 1 is 1.00 bits per heavy atom. The lowest BCUT2D eigenvalue weighted by Crippen LogP contribution is -2.55. The van der Waals surface area contributed by atoms with Crippen LogP contribution in [0.4, 0.5) is 0 Å². The van der Waals surface area contributed by atoms with Crippen LogP contribution in [-0.2, 0) is 20.4 Å². The molecule has 9 heteroatoms. The van der Waals surface area contributed by atoms with E-state index in [9.17, 15) is 23.6 Å². The molecule has 0 bridgehead atoms. The fourth-order valence-corrected chi connectivity index (χ4v) is 6.71. The van der Waals surface area contributed by atoms with Crippen molar-refractivity contribution in [3.8, 4) is 17.2 Å². The number of halogens is 2. The highest BCUT2D eigenvalue weighted by atomic mass is 35.5. The molecular weight excluding hydrogens is 495 g/mol. The Kier molecular flexibility index (Phi) is 6.70. The van der Waals surface area contributed by atoms with E-state index in [1.807, 2.05) is 18.2 Å². The van der Waals surface area contributed by atoms with Crippen LogP contribution in [0.2, 0.25) is 10.0 Å². The molecular formula is C25H20Cl2N2O4S. The molecule has 0 spiro atoms. The van der Waals surface area contributed by atoms with Crippen LogP contribution in [0.25, 0.3) is 11.1 Å². The summed E-state index contributed by atoms with van der Waals surface area (Å²) >= 11 is 12.6. The molecule has 0 amide bonds. The molecule has 1 aliphatic rings. The normalized spacial score (nSPS) is 14.9. The second kappa shape index (κ2) is 9.40. The van der Waals surface area contributed by atoms with Crippen molar-refractivity contribution in [3.05, 3.63) is 87.9 Å². The van der Waals surface area contributed by atoms with Gasteiger partial charge in [0.05, 0.1) is 16.0 Å². The highest BCUT2D eigenvalue weighted by Crippen LogP contribution is 2.50. The maximum absolute atomic E-state index is 13.8. The van der Waals surface area contributed by atoms with Crippen LogP contribution in [0.1, 0.15) is 30.4 Å². The number of hydrogen-bond acceptors (Lipinski definition) is 4. The Balaban J connectivity index is 1.90. The van der Waals surface area contributed by atoms with E-state index in [4.69, 9.17) is 23.2 Å². The standard InChI is InChI=1S/C25H20Cl2N2O4S/c26-21-7-3-6-17(12-21)19-11-20(14-22(27)13-19)25(9-4-10-25)29(16-24(30)31)34(32,33)23-8-2-1-5-18(23)15-28/h1-3,5-8,11-14H,4,9-10,16H2,(H,30,31). The minimum atomic E-state index is -4.34. The molecule has 174 valence electrons. The number of nitriles is 1. The molecule has 0 radical (unpaired) electrons. The third kappa shape index (κ3) is 4.42. The third-order valence-corrected chi connectivity index (χ3v) is 8.53. The number of sulfonamides is 1. The lowest BCUT2D eigenvalue weighted by molar-refractivity contribution is -0.139.